The quantitative estimate of drug-likeness (QED) is 0.889. The fraction of sp³-hybridized carbons (Fsp3) is 0.786. The molecule has 1 aliphatic heterocycles. The maximum Gasteiger partial charge on any atom is 0.0949 e. The van der Waals surface area contributed by atoms with Crippen molar-refractivity contribution in [2.24, 2.45) is 0 Å². The van der Waals surface area contributed by atoms with Crippen molar-refractivity contribution in [2.45, 2.75) is 51.7 Å². The van der Waals surface area contributed by atoms with Crippen molar-refractivity contribution in [3.63, 3.8) is 0 Å². The van der Waals surface area contributed by atoms with Crippen molar-refractivity contribution in [2.75, 3.05) is 19.7 Å². The number of hydrogen-bond donors (Lipinski definition) is 1. The van der Waals surface area contributed by atoms with E-state index in [1.54, 1.807) is 0 Å². The molecule has 0 amide bonds. The zero-order valence-corrected chi connectivity index (χ0v) is 11.8. The molecule has 2 rings (SSSR count). The van der Waals surface area contributed by atoms with Crippen LogP contribution in [-0.2, 0) is 16.7 Å². The van der Waals surface area contributed by atoms with Gasteiger partial charge < -0.3 is 14.6 Å². The molecule has 1 aromatic heterocycles. The lowest BCUT2D eigenvalue weighted by Crippen LogP contribution is -2.33. The minimum Gasteiger partial charge on any atom is -0.376 e. The molecule has 2 heterocycles. The van der Waals surface area contributed by atoms with Gasteiger partial charge in [0.1, 0.15) is 0 Å². The highest BCUT2D eigenvalue weighted by molar-refractivity contribution is 5.10. The molecule has 0 spiro atoms. The molecule has 0 aromatic carbocycles. The van der Waals surface area contributed by atoms with Gasteiger partial charge in [-0.3, -0.25) is 0 Å². The summed E-state index contributed by atoms with van der Waals surface area (Å²) in [7, 11) is 0. The van der Waals surface area contributed by atoms with Crippen molar-refractivity contribution in [1.82, 2.24) is 14.9 Å². The molecule has 102 valence electrons. The number of piperidine rings is 1. The average molecular weight is 251 g/mol. The Morgan fingerprint density at radius 3 is 2.78 bits per heavy atom. The Morgan fingerprint density at radius 2 is 2.11 bits per heavy atom. The van der Waals surface area contributed by atoms with Crippen LogP contribution in [0.4, 0.5) is 0 Å². The maximum atomic E-state index is 5.94. The molecule has 4 nitrogen and oxygen atoms in total. The van der Waals surface area contributed by atoms with E-state index in [-0.39, 0.29) is 5.41 Å². The third kappa shape index (κ3) is 3.56. The van der Waals surface area contributed by atoms with Crippen molar-refractivity contribution in [3.05, 3.63) is 18.2 Å². The molecular formula is C14H25N3O. The largest absolute Gasteiger partial charge is 0.376 e. The third-order valence-corrected chi connectivity index (χ3v) is 3.45. The topological polar surface area (TPSA) is 39.1 Å². The Bertz CT molecular complexity index is 361. The highest BCUT2D eigenvalue weighted by Gasteiger charge is 2.18. The lowest BCUT2D eigenvalue weighted by Gasteiger charge is -2.24. The maximum absolute atomic E-state index is 5.94. The van der Waals surface area contributed by atoms with Crippen LogP contribution >= 0.6 is 0 Å². The van der Waals surface area contributed by atoms with Crippen LogP contribution in [0.2, 0.25) is 0 Å². The van der Waals surface area contributed by atoms with E-state index in [1.165, 1.54) is 5.69 Å². The van der Waals surface area contributed by atoms with Crippen LogP contribution in [0, 0.1) is 0 Å². The van der Waals surface area contributed by atoms with Gasteiger partial charge in [-0.15, -0.1) is 0 Å². The monoisotopic (exact) mass is 251 g/mol. The van der Waals surface area contributed by atoms with Gasteiger partial charge in [-0.05, 0) is 25.9 Å². The van der Waals surface area contributed by atoms with Gasteiger partial charge in [-0.25, -0.2) is 4.98 Å². The summed E-state index contributed by atoms with van der Waals surface area (Å²) in [5.41, 5.74) is 1.42. The van der Waals surface area contributed by atoms with Crippen molar-refractivity contribution in [1.29, 1.82) is 0 Å². The Hall–Kier alpha value is -0.870. The molecule has 1 aliphatic rings. The molecule has 1 aromatic rings. The minimum absolute atomic E-state index is 0.144. The predicted molar refractivity (Wildman–Crippen MR) is 72.8 cm³/mol. The molecule has 0 aliphatic carbocycles. The van der Waals surface area contributed by atoms with E-state index < -0.39 is 0 Å². The molecule has 4 heteroatoms. The summed E-state index contributed by atoms with van der Waals surface area (Å²) in [4.78, 5) is 4.25. The summed E-state index contributed by atoms with van der Waals surface area (Å²) in [5, 5.41) is 3.35. The average Bonchev–Trinajstić information content (AvgIpc) is 2.78. The van der Waals surface area contributed by atoms with Crippen LogP contribution < -0.4 is 5.32 Å². The van der Waals surface area contributed by atoms with Crippen molar-refractivity contribution >= 4 is 0 Å². The molecule has 0 saturated carbocycles. The summed E-state index contributed by atoms with van der Waals surface area (Å²) in [6.07, 6.45) is 6.58. The summed E-state index contributed by atoms with van der Waals surface area (Å²) in [6.45, 7) is 10.5. The fourth-order valence-electron chi connectivity index (χ4n) is 2.40. The molecule has 0 unspecified atom stereocenters. The van der Waals surface area contributed by atoms with Gasteiger partial charge in [0.15, 0.2) is 0 Å². The van der Waals surface area contributed by atoms with E-state index in [1.807, 2.05) is 12.5 Å². The molecular weight excluding hydrogens is 226 g/mol. The number of nitrogens with one attached hydrogen (secondary N) is 1. The standard InChI is InChI=1S/C14H25N3O/c1-14(2,3)13-10-16-11-17(13)8-9-18-12-4-6-15-7-5-12/h10-12,15H,4-9H2,1-3H3. The molecule has 1 saturated heterocycles. The third-order valence-electron chi connectivity index (χ3n) is 3.45. The second kappa shape index (κ2) is 5.85. The number of nitrogens with zero attached hydrogens (tertiary/aromatic N) is 2. The van der Waals surface area contributed by atoms with Crippen LogP contribution in [0.15, 0.2) is 12.5 Å². The van der Waals surface area contributed by atoms with Gasteiger partial charge in [-0.2, -0.15) is 0 Å². The Kier molecular flexibility index (Phi) is 4.40. The van der Waals surface area contributed by atoms with E-state index in [4.69, 9.17) is 4.74 Å². The first-order chi connectivity index (χ1) is 8.57. The summed E-state index contributed by atoms with van der Waals surface area (Å²) < 4.78 is 8.14. The Morgan fingerprint density at radius 1 is 1.39 bits per heavy atom. The van der Waals surface area contributed by atoms with E-state index in [2.05, 4.69) is 35.6 Å². The SMILES string of the molecule is CC(C)(C)c1cncn1CCOC1CCNCC1. The van der Waals surface area contributed by atoms with E-state index in [0.717, 1.165) is 39.1 Å². The van der Waals surface area contributed by atoms with Crippen molar-refractivity contribution in [3.8, 4) is 0 Å². The Labute approximate surface area is 110 Å². The van der Waals surface area contributed by atoms with Gasteiger partial charge in [0.05, 0.1) is 19.0 Å². The Balaban J connectivity index is 1.81. The summed E-state index contributed by atoms with van der Waals surface area (Å²) in [6, 6.07) is 0. The van der Waals surface area contributed by atoms with Gasteiger partial charge in [-0.1, -0.05) is 20.8 Å². The summed E-state index contributed by atoms with van der Waals surface area (Å²) >= 11 is 0. The second-order valence-electron chi connectivity index (χ2n) is 6.04. The van der Waals surface area contributed by atoms with Crippen LogP contribution in [0.3, 0.4) is 0 Å². The minimum atomic E-state index is 0.144. The van der Waals surface area contributed by atoms with Gasteiger partial charge in [0.2, 0.25) is 0 Å². The number of rotatable bonds is 4. The number of ether oxygens (including phenoxy) is 1. The van der Waals surface area contributed by atoms with Gasteiger partial charge in [0.25, 0.3) is 0 Å². The first-order valence-corrected chi connectivity index (χ1v) is 6.90. The number of hydrogen-bond acceptors (Lipinski definition) is 3. The van der Waals surface area contributed by atoms with E-state index in [9.17, 15) is 0 Å². The van der Waals surface area contributed by atoms with Gasteiger partial charge in [0, 0.05) is 23.9 Å². The van der Waals surface area contributed by atoms with Crippen LogP contribution in [0.1, 0.15) is 39.3 Å². The molecule has 18 heavy (non-hydrogen) atoms. The molecule has 1 N–H and O–H groups in total. The smallest absolute Gasteiger partial charge is 0.0949 e. The first kappa shape index (κ1) is 13.6. The fourth-order valence-corrected chi connectivity index (χ4v) is 2.40. The lowest BCUT2D eigenvalue weighted by atomic mass is 9.93. The highest BCUT2D eigenvalue weighted by Crippen LogP contribution is 2.21. The second-order valence-corrected chi connectivity index (χ2v) is 6.04. The summed E-state index contributed by atoms with van der Waals surface area (Å²) in [5.74, 6) is 0. The lowest BCUT2D eigenvalue weighted by molar-refractivity contribution is 0.0280. The zero-order valence-electron chi connectivity index (χ0n) is 11.8. The van der Waals surface area contributed by atoms with Crippen LogP contribution in [0.25, 0.3) is 0 Å². The zero-order chi connectivity index (χ0) is 13.0. The van der Waals surface area contributed by atoms with Crippen molar-refractivity contribution < 1.29 is 4.74 Å². The highest BCUT2D eigenvalue weighted by atomic mass is 16.5. The molecule has 0 atom stereocenters. The van der Waals surface area contributed by atoms with Crippen LogP contribution in [-0.4, -0.2) is 35.4 Å². The molecule has 0 bridgehead atoms. The van der Waals surface area contributed by atoms with E-state index in [0.29, 0.717) is 6.10 Å². The molecule has 1 fully saturated rings. The normalized spacial score (nSPS) is 18.2. The number of imidazole rings is 1. The molecule has 0 radical (unpaired) electrons. The predicted octanol–water partition coefficient (Wildman–Crippen LogP) is 1.95. The van der Waals surface area contributed by atoms with E-state index >= 15 is 0 Å². The first-order valence-electron chi connectivity index (χ1n) is 6.90. The number of aromatic nitrogens is 2. The van der Waals surface area contributed by atoms with Gasteiger partial charge >= 0.3 is 0 Å². The van der Waals surface area contributed by atoms with Crippen LogP contribution in [0.5, 0.6) is 0 Å².